The zero-order chi connectivity index (χ0) is 13.0. The maximum Gasteiger partial charge on any atom is 0.123 e. The molecule has 18 heavy (non-hydrogen) atoms. The minimum Gasteiger partial charge on any atom is -0.496 e. The lowest BCUT2D eigenvalue weighted by molar-refractivity contribution is 0.411. The lowest BCUT2D eigenvalue weighted by Gasteiger charge is -2.09. The molecule has 0 saturated heterocycles. The van der Waals surface area contributed by atoms with Gasteiger partial charge in [-0.25, -0.2) is 4.39 Å². The fourth-order valence-electron chi connectivity index (χ4n) is 1.82. The Labute approximate surface area is 106 Å². The molecule has 0 heterocycles. The fourth-order valence-corrected chi connectivity index (χ4v) is 1.82. The van der Waals surface area contributed by atoms with Gasteiger partial charge in [0.15, 0.2) is 0 Å². The van der Waals surface area contributed by atoms with Gasteiger partial charge in [-0.2, -0.15) is 0 Å². The molecule has 94 valence electrons. The van der Waals surface area contributed by atoms with Gasteiger partial charge in [-0.15, -0.1) is 0 Å². The number of hydrogen-bond donors (Lipinski definition) is 1. The van der Waals surface area contributed by atoms with E-state index in [0.29, 0.717) is 6.54 Å². The highest BCUT2D eigenvalue weighted by Gasteiger charge is 2.00. The molecule has 2 rings (SSSR count). The topological polar surface area (TPSA) is 21.3 Å². The van der Waals surface area contributed by atoms with Gasteiger partial charge in [-0.1, -0.05) is 12.1 Å². The Balaban J connectivity index is 2.02. The fraction of sp³-hybridized carbons (Fsp3) is 0.200. The molecule has 1 N–H and O–H groups in total. The number of anilines is 1. The Morgan fingerprint density at radius 3 is 2.44 bits per heavy atom. The summed E-state index contributed by atoms with van der Waals surface area (Å²) in [6, 6.07) is 12.4. The van der Waals surface area contributed by atoms with Crippen molar-refractivity contribution < 1.29 is 9.13 Å². The summed E-state index contributed by atoms with van der Waals surface area (Å²) in [5.41, 5.74) is 3.18. The largest absolute Gasteiger partial charge is 0.496 e. The lowest BCUT2D eigenvalue weighted by atomic mass is 10.1. The van der Waals surface area contributed by atoms with E-state index in [9.17, 15) is 4.39 Å². The zero-order valence-corrected chi connectivity index (χ0v) is 10.5. The first-order chi connectivity index (χ1) is 8.69. The highest BCUT2D eigenvalue weighted by atomic mass is 19.1. The van der Waals surface area contributed by atoms with E-state index in [1.165, 1.54) is 12.1 Å². The summed E-state index contributed by atoms with van der Waals surface area (Å²) in [5.74, 6) is 0.668. The van der Waals surface area contributed by atoms with Gasteiger partial charge in [-0.05, 0) is 48.4 Å². The number of halogens is 1. The van der Waals surface area contributed by atoms with Gasteiger partial charge < -0.3 is 10.1 Å². The molecule has 0 aromatic heterocycles. The number of aryl methyl sites for hydroxylation is 1. The maximum atomic E-state index is 12.7. The molecule has 0 aliphatic rings. The highest BCUT2D eigenvalue weighted by Crippen LogP contribution is 2.19. The quantitative estimate of drug-likeness (QED) is 0.885. The third-order valence-electron chi connectivity index (χ3n) is 2.80. The van der Waals surface area contributed by atoms with E-state index in [4.69, 9.17) is 4.74 Å². The second-order valence-electron chi connectivity index (χ2n) is 4.16. The van der Waals surface area contributed by atoms with Crippen LogP contribution in [0.3, 0.4) is 0 Å². The number of methoxy groups -OCH3 is 1. The molecule has 2 aromatic rings. The molecule has 0 spiro atoms. The van der Waals surface area contributed by atoms with Crippen LogP contribution in [0.5, 0.6) is 5.75 Å². The van der Waals surface area contributed by atoms with Crippen molar-refractivity contribution in [2.45, 2.75) is 13.5 Å². The van der Waals surface area contributed by atoms with E-state index in [1.54, 1.807) is 19.2 Å². The summed E-state index contributed by atoms with van der Waals surface area (Å²) in [6.45, 7) is 2.72. The molecule has 0 unspecified atom stereocenters. The molecule has 0 atom stereocenters. The van der Waals surface area contributed by atoms with Gasteiger partial charge in [0.1, 0.15) is 11.6 Å². The molecule has 0 radical (unpaired) electrons. The van der Waals surface area contributed by atoms with Gasteiger partial charge in [-0.3, -0.25) is 0 Å². The van der Waals surface area contributed by atoms with Crippen LogP contribution in [0.1, 0.15) is 11.1 Å². The Morgan fingerprint density at radius 1 is 1.11 bits per heavy atom. The summed E-state index contributed by atoms with van der Waals surface area (Å²) in [5, 5.41) is 3.25. The molecular formula is C15H16FNO. The van der Waals surface area contributed by atoms with Gasteiger partial charge in [0, 0.05) is 12.2 Å². The molecule has 0 amide bonds. The Bertz CT molecular complexity index is 523. The van der Waals surface area contributed by atoms with E-state index in [2.05, 4.69) is 11.4 Å². The summed E-state index contributed by atoms with van der Waals surface area (Å²) in [7, 11) is 1.67. The normalized spacial score (nSPS) is 10.2. The summed E-state index contributed by atoms with van der Waals surface area (Å²) in [4.78, 5) is 0. The Hall–Kier alpha value is -2.03. The predicted octanol–water partition coefficient (Wildman–Crippen LogP) is 3.75. The van der Waals surface area contributed by atoms with Crippen LogP contribution < -0.4 is 10.1 Å². The van der Waals surface area contributed by atoms with Crippen molar-refractivity contribution in [2.24, 2.45) is 0 Å². The smallest absolute Gasteiger partial charge is 0.123 e. The van der Waals surface area contributed by atoms with Gasteiger partial charge in [0.2, 0.25) is 0 Å². The maximum absolute atomic E-state index is 12.7. The average Bonchev–Trinajstić information content (AvgIpc) is 2.38. The molecule has 0 fully saturated rings. The van der Waals surface area contributed by atoms with Gasteiger partial charge in [0.25, 0.3) is 0 Å². The number of hydrogen-bond acceptors (Lipinski definition) is 2. The van der Waals surface area contributed by atoms with E-state index >= 15 is 0 Å². The van der Waals surface area contributed by atoms with Crippen molar-refractivity contribution in [3.8, 4) is 5.75 Å². The zero-order valence-electron chi connectivity index (χ0n) is 10.5. The van der Waals surface area contributed by atoms with Gasteiger partial charge in [0.05, 0.1) is 7.11 Å². The first kappa shape index (κ1) is 12.4. The standard InChI is InChI=1S/C15H16FNO/c1-11-9-12(3-8-15(11)18-2)10-17-14-6-4-13(16)5-7-14/h3-9,17H,10H2,1-2H3. The summed E-state index contributed by atoms with van der Waals surface area (Å²) in [6.07, 6.45) is 0. The summed E-state index contributed by atoms with van der Waals surface area (Å²) >= 11 is 0. The monoisotopic (exact) mass is 245 g/mol. The van der Waals surface area contributed by atoms with Crippen molar-refractivity contribution in [3.63, 3.8) is 0 Å². The highest BCUT2D eigenvalue weighted by molar-refractivity contribution is 5.44. The Kier molecular flexibility index (Phi) is 3.82. The Morgan fingerprint density at radius 2 is 1.83 bits per heavy atom. The first-order valence-corrected chi connectivity index (χ1v) is 5.82. The van der Waals surface area contributed by atoms with Crippen LogP contribution in [0.25, 0.3) is 0 Å². The SMILES string of the molecule is COc1ccc(CNc2ccc(F)cc2)cc1C. The van der Waals surface area contributed by atoms with E-state index in [-0.39, 0.29) is 5.82 Å². The van der Waals surface area contributed by atoms with Crippen LogP contribution in [0.4, 0.5) is 10.1 Å². The minimum absolute atomic E-state index is 0.221. The third kappa shape index (κ3) is 3.00. The predicted molar refractivity (Wildman–Crippen MR) is 71.5 cm³/mol. The van der Waals surface area contributed by atoms with Crippen molar-refractivity contribution in [2.75, 3.05) is 12.4 Å². The van der Waals surface area contributed by atoms with Crippen molar-refractivity contribution in [3.05, 3.63) is 59.4 Å². The number of ether oxygens (including phenoxy) is 1. The van der Waals surface area contributed by atoms with E-state index in [1.807, 2.05) is 19.1 Å². The first-order valence-electron chi connectivity index (χ1n) is 5.82. The third-order valence-corrected chi connectivity index (χ3v) is 2.80. The average molecular weight is 245 g/mol. The number of benzene rings is 2. The lowest BCUT2D eigenvalue weighted by Crippen LogP contribution is -2.00. The van der Waals surface area contributed by atoms with Crippen molar-refractivity contribution in [1.82, 2.24) is 0 Å². The molecule has 0 bridgehead atoms. The molecule has 2 nitrogen and oxygen atoms in total. The van der Waals surface area contributed by atoms with Crippen LogP contribution >= 0.6 is 0 Å². The van der Waals surface area contributed by atoms with E-state index in [0.717, 1.165) is 22.6 Å². The van der Waals surface area contributed by atoms with Gasteiger partial charge >= 0.3 is 0 Å². The van der Waals surface area contributed by atoms with Crippen molar-refractivity contribution >= 4 is 5.69 Å². The van der Waals surface area contributed by atoms with Crippen molar-refractivity contribution in [1.29, 1.82) is 0 Å². The number of rotatable bonds is 4. The van der Waals surface area contributed by atoms with E-state index < -0.39 is 0 Å². The molecule has 0 aliphatic carbocycles. The minimum atomic E-state index is -0.221. The van der Waals surface area contributed by atoms with Crippen LogP contribution in [-0.2, 0) is 6.54 Å². The number of nitrogens with one attached hydrogen (secondary N) is 1. The summed E-state index contributed by atoms with van der Waals surface area (Å²) < 4.78 is 18.0. The second-order valence-corrected chi connectivity index (χ2v) is 4.16. The molecule has 0 saturated carbocycles. The van der Waals surface area contributed by atoms with Crippen LogP contribution in [0.15, 0.2) is 42.5 Å². The van der Waals surface area contributed by atoms with Crippen LogP contribution in [0, 0.1) is 12.7 Å². The molecule has 0 aliphatic heterocycles. The second kappa shape index (κ2) is 5.54. The molecule has 3 heteroatoms. The van der Waals surface area contributed by atoms with Crippen LogP contribution in [-0.4, -0.2) is 7.11 Å². The van der Waals surface area contributed by atoms with Crippen LogP contribution in [0.2, 0.25) is 0 Å². The molecular weight excluding hydrogens is 229 g/mol. The molecule has 2 aromatic carbocycles.